The van der Waals surface area contributed by atoms with Gasteiger partial charge in [-0.2, -0.15) is 13.2 Å². The minimum atomic E-state index is -4.37. The first-order valence-corrected chi connectivity index (χ1v) is 11.1. The molecule has 1 atom stereocenters. The van der Waals surface area contributed by atoms with Gasteiger partial charge in [-0.1, -0.05) is 54.1 Å². The standard InChI is InChI=1S/C24H23ClF3NO.C2H2O4/c1-29(17-18-5-3-2-4-6-18)16-15-23(19-7-11-21(25)12-8-19)30-22-13-9-20(10-14-22)24(26,27)28;3-1(4)2(5)6/h2-14,23H,15-17H2,1H3;(H,3,4)(H,5,6). The lowest BCUT2D eigenvalue weighted by atomic mass is 10.1. The molecule has 36 heavy (non-hydrogen) atoms. The normalized spacial score (nSPS) is 11.8. The lowest BCUT2D eigenvalue weighted by molar-refractivity contribution is -0.159. The fourth-order valence-electron chi connectivity index (χ4n) is 3.17. The molecule has 0 radical (unpaired) electrons. The van der Waals surface area contributed by atoms with E-state index in [4.69, 9.17) is 36.1 Å². The molecule has 10 heteroatoms. The van der Waals surface area contributed by atoms with Crippen LogP contribution in [0.5, 0.6) is 5.75 Å². The van der Waals surface area contributed by atoms with Crippen LogP contribution in [-0.4, -0.2) is 40.6 Å². The Hall–Kier alpha value is -3.56. The van der Waals surface area contributed by atoms with Gasteiger partial charge in [-0.15, -0.1) is 0 Å². The lowest BCUT2D eigenvalue weighted by Crippen LogP contribution is -2.22. The molecule has 0 spiro atoms. The van der Waals surface area contributed by atoms with E-state index in [1.165, 1.54) is 17.7 Å². The number of aliphatic carboxylic acids is 2. The molecule has 0 saturated carbocycles. The van der Waals surface area contributed by atoms with Crippen molar-refractivity contribution in [3.8, 4) is 5.75 Å². The van der Waals surface area contributed by atoms with E-state index >= 15 is 0 Å². The van der Waals surface area contributed by atoms with Gasteiger partial charge in [0.15, 0.2) is 0 Å². The third-order valence-electron chi connectivity index (χ3n) is 4.95. The zero-order chi connectivity index (χ0) is 26.7. The fraction of sp³-hybridized carbons (Fsp3) is 0.231. The quantitative estimate of drug-likeness (QED) is 0.344. The van der Waals surface area contributed by atoms with Gasteiger partial charge >= 0.3 is 18.1 Å². The van der Waals surface area contributed by atoms with Crippen molar-refractivity contribution in [2.45, 2.75) is 25.2 Å². The highest BCUT2D eigenvalue weighted by Crippen LogP contribution is 2.32. The molecule has 0 heterocycles. The molecule has 0 amide bonds. The maximum Gasteiger partial charge on any atom is 0.416 e. The Balaban J connectivity index is 0.000000678. The van der Waals surface area contributed by atoms with Crippen molar-refractivity contribution < 1.29 is 37.7 Å². The van der Waals surface area contributed by atoms with E-state index in [0.29, 0.717) is 17.2 Å². The van der Waals surface area contributed by atoms with Crippen LogP contribution in [0.1, 0.15) is 29.2 Å². The molecule has 2 N–H and O–H groups in total. The molecule has 192 valence electrons. The third-order valence-corrected chi connectivity index (χ3v) is 5.21. The summed E-state index contributed by atoms with van der Waals surface area (Å²) in [6, 6.07) is 22.3. The summed E-state index contributed by atoms with van der Waals surface area (Å²) >= 11 is 6.00. The van der Waals surface area contributed by atoms with Crippen LogP contribution in [0.2, 0.25) is 5.02 Å². The molecule has 0 aliphatic rings. The molecule has 3 rings (SSSR count). The van der Waals surface area contributed by atoms with E-state index in [1.807, 2.05) is 37.4 Å². The topological polar surface area (TPSA) is 87.1 Å². The van der Waals surface area contributed by atoms with E-state index in [0.717, 1.165) is 30.8 Å². The van der Waals surface area contributed by atoms with Crippen molar-refractivity contribution in [2.24, 2.45) is 0 Å². The van der Waals surface area contributed by atoms with Gasteiger partial charge < -0.3 is 19.8 Å². The van der Waals surface area contributed by atoms with Crippen LogP contribution in [-0.2, 0) is 22.3 Å². The van der Waals surface area contributed by atoms with Crippen LogP contribution in [0, 0.1) is 0 Å². The molecule has 0 aromatic heterocycles. The number of carbonyl (C=O) groups is 2. The highest BCUT2D eigenvalue weighted by atomic mass is 35.5. The monoisotopic (exact) mass is 523 g/mol. The second-order valence-electron chi connectivity index (χ2n) is 7.80. The molecule has 3 aromatic rings. The van der Waals surface area contributed by atoms with Crippen LogP contribution in [0.15, 0.2) is 78.9 Å². The van der Waals surface area contributed by atoms with E-state index in [2.05, 4.69) is 17.0 Å². The zero-order valence-corrected chi connectivity index (χ0v) is 20.0. The largest absolute Gasteiger partial charge is 0.486 e. The molecule has 0 fully saturated rings. The van der Waals surface area contributed by atoms with Gasteiger partial charge in [0, 0.05) is 24.5 Å². The van der Waals surface area contributed by atoms with Crippen LogP contribution >= 0.6 is 11.6 Å². The van der Waals surface area contributed by atoms with Gasteiger partial charge in [-0.3, -0.25) is 0 Å². The summed E-state index contributed by atoms with van der Waals surface area (Å²) in [6.07, 6.45) is -4.00. The van der Waals surface area contributed by atoms with Crippen molar-refractivity contribution >= 4 is 23.5 Å². The number of rotatable bonds is 8. The molecular formula is C26H25ClF3NO5. The number of hydrogen-bond donors (Lipinski definition) is 2. The number of hydrogen-bond acceptors (Lipinski definition) is 4. The molecule has 0 aliphatic carbocycles. The number of carboxylic acids is 2. The third kappa shape index (κ3) is 9.97. The Bertz CT molecular complexity index is 1100. The summed E-state index contributed by atoms with van der Waals surface area (Å²) in [5.41, 5.74) is 1.44. The van der Waals surface area contributed by atoms with Gasteiger partial charge in [-0.05, 0) is 54.6 Å². The predicted octanol–water partition coefficient (Wildman–Crippen LogP) is 6.16. The molecule has 6 nitrogen and oxygen atoms in total. The van der Waals surface area contributed by atoms with Gasteiger partial charge in [-0.25, -0.2) is 9.59 Å². The smallest absolute Gasteiger partial charge is 0.416 e. The van der Waals surface area contributed by atoms with Crippen LogP contribution in [0.4, 0.5) is 13.2 Å². The summed E-state index contributed by atoms with van der Waals surface area (Å²) in [6.45, 7) is 1.55. The number of ether oxygens (including phenoxy) is 1. The van der Waals surface area contributed by atoms with Crippen molar-refractivity contribution in [3.05, 3.63) is 101 Å². The Kier molecular flexibility index (Phi) is 10.8. The van der Waals surface area contributed by atoms with Gasteiger partial charge in [0.05, 0.1) is 5.56 Å². The lowest BCUT2D eigenvalue weighted by Gasteiger charge is -2.23. The number of halogens is 4. The molecule has 1 unspecified atom stereocenters. The maximum atomic E-state index is 12.8. The summed E-state index contributed by atoms with van der Waals surface area (Å²) in [4.78, 5) is 20.4. The minimum absolute atomic E-state index is 0.308. The summed E-state index contributed by atoms with van der Waals surface area (Å²) in [5.74, 6) is -3.25. The molecule has 3 aromatic carbocycles. The van der Waals surface area contributed by atoms with Crippen molar-refractivity contribution in [1.29, 1.82) is 0 Å². The average Bonchev–Trinajstić information content (AvgIpc) is 2.83. The summed E-state index contributed by atoms with van der Waals surface area (Å²) < 4.78 is 44.5. The van der Waals surface area contributed by atoms with Gasteiger partial charge in [0.25, 0.3) is 0 Å². The second-order valence-corrected chi connectivity index (χ2v) is 8.24. The minimum Gasteiger partial charge on any atom is -0.486 e. The van der Waals surface area contributed by atoms with Crippen molar-refractivity contribution in [1.82, 2.24) is 4.90 Å². The Morgan fingerprint density at radius 1 is 0.917 bits per heavy atom. The van der Waals surface area contributed by atoms with Crippen LogP contribution < -0.4 is 4.74 Å². The highest BCUT2D eigenvalue weighted by molar-refractivity contribution is 6.30. The second kappa shape index (κ2) is 13.5. The number of nitrogens with zero attached hydrogens (tertiary/aromatic N) is 1. The first kappa shape index (κ1) is 28.7. The predicted molar refractivity (Wildman–Crippen MR) is 129 cm³/mol. The molecule has 0 bridgehead atoms. The molecule has 0 aliphatic heterocycles. The van der Waals surface area contributed by atoms with Crippen molar-refractivity contribution in [2.75, 3.05) is 13.6 Å². The Labute approximate surface area is 211 Å². The maximum absolute atomic E-state index is 12.8. The Morgan fingerprint density at radius 2 is 1.47 bits per heavy atom. The number of carboxylic acid groups (broad SMARTS) is 2. The number of benzene rings is 3. The number of alkyl halides is 3. The SMILES string of the molecule is CN(CCC(Oc1ccc(C(F)(F)F)cc1)c1ccc(Cl)cc1)Cc1ccccc1.O=C(O)C(=O)O. The van der Waals surface area contributed by atoms with E-state index in [1.54, 1.807) is 12.1 Å². The first-order valence-electron chi connectivity index (χ1n) is 10.7. The molecular weight excluding hydrogens is 499 g/mol. The van der Waals surface area contributed by atoms with E-state index in [-0.39, 0.29) is 6.10 Å². The van der Waals surface area contributed by atoms with Crippen LogP contribution in [0.3, 0.4) is 0 Å². The van der Waals surface area contributed by atoms with Gasteiger partial charge in [0.1, 0.15) is 11.9 Å². The summed E-state index contributed by atoms with van der Waals surface area (Å²) in [5, 5.41) is 15.4. The van der Waals surface area contributed by atoms with Gasteiger partial charge in [0.2, 0.25) is 0 Å². The molecule has 0 saturated heterocycles. The zero-order valence-electron chi connectivity index (χ0n) is 19.3. The average molecular weight is 524 g/mol. The summed E-state index contributed by atoms with van der Waals surface area (Å²) in [7, 11) is 2.03. The van der Waals surface area contributed by atoms with Crippen LogP contribution in [0.25, 0.3) is 0 Å². The first-order chi connectivity index (χ1) is 17.0. The van der Waals surface area contributed by atoms with E-state index < -0.39 is 23.7 Å². The Morgan fingerprint density at radius 3 is 1.97 bits per heavy atom. The fourth-order valence-corrected chi connectivity index (χ4v) is 3.30. The van der Waals surface area contributed by atoms with Crippen molar-refractivity contribution in [3.63, 3.8) is 0 Å². The van der Waals surface area contributed by atoms with E-state index in [9.17, 15) is 13.2 Å². The highest BCUT2D eigenvalue weighted by Gasteiger charge is 2.30.